The predicted octanol–water partition coefficient (Wildman–Crippen LogP) is 3.76. The molecule has 34 heavy (non-hydrogen) atoms. The van der Waals surface area contributed by atoms with Gasteiger partial charge in [0.25, 0.3) is 0 Å². The van der Waals surface area contributed by atoms with Gasteiger partial charge >= 0.3 is 0 Å². The average Bonchev–Trinajstić information content (AvgIpc) is 3.22. The minimum Gasteiger partial charge on any atom is -0.378 e. The van der Waals surface area contributed by atoms with E-state index < -0.39 is 5.82 Å². The third-order valence-electron chi connectivity index (χ3n) is 5.19. The van der Waals surface area contributed by atoms with Gasteiger partial charge in [0.15, 0.2) is 5.82 Å². The summed E-state index contributed by atoms with van der Waals surface area (Å²) in [6.07, 6.45) is 1.38. The van der Waals surface area contributed by atoms with Crippen LogP contribution in [0.1, 0.15) is 0 Å². The van der Waals surface area contributed by atoms with Crippen LogP contribution in [0.4, 0.5) is 39.2 Å². The van der Waals surface area contributed by atoms with Crippen LogP contribution in [0.15, 0.2) is 54.9 Å². The molecule has 4 N–H and O–H groups in total. The summed E-state index contributed by atoms with van der Waals surface area (Å²) in [6.45, 7) is 2.70. The smallest absolute Gasteiger partial charge is 0.248 e. The van der Waals surface area contributed by atoms with Gasteiger partial charge in [-0.1, -0.05) is 11.6 Å². The van der Waals surface area contributed by atoms with Crippen molar-refractivity contribution in [2.24, 2.45) is 0 Å². The largest absolute Gasteiger partial charge is 0.378 e. The summed E-state index contributed by atoms with van der Waals surface area (Å²) < 4.78 is 21.4. The van der Waals surface area contributed by atoms with Crippen molar-refractivity contribution in [1.82, 2.24) is 24.7 Å². The van der Waals surface area contributed by atoms with E-state index in [-0.39, 0.29) is 17.6 Å². The van der Waals surface area contributed by atoms with Crippen molar-refractivity contribution >= 4 is 46.4 Å². The summed E-state index contributed by atoms with van der Waals surface area (Å²) in [6, 6.07) is 13.8. The molecule has 12 heteroatoms. The summed E-state index contributed by atoms with van der Waals surface area (Å²) in [5.74, 6) is 0.731. The predicted molar refractivity (Wildman–Crippen MR) is 129 cm³/mol. The van der Waals surface area contributed by atoms with Gasteiger partial charge in [-0.25, -0.2) is 14.4 Å². The highest BCUT2D eigenvalue weighted by Crippen LogP contribution is 2.26. The molecular formula is C22H21ClFN9O. The maximum atomic E-state index is 14.8. The Morgan fingerprint density at radius 3 is 2.56 bits per heavy atom. The number of morpholine rings is 1. The molecule has 1 aliphatic rings. The number of anilines is 6. The van der Waals surface area contributed by atoms with E-state index in [9.17, 15) is 4.39 Å². The minimum absolute atomic E-state index is 0.0870. The number of nitrogens with two attached hydrogens (primary N) is 1. The Hall–Kier alpha value is -3.96. The van der Waals surface area contributed by atoms with Gasteiger partial charge in [0.2, 0.25) is 11.9 Å². The first-order chi connectivity index (χ1) is 16.5. The molecule has 3 heterocycles. The van der Waals surface area contributed by atoms with Gasteiger partial charge in [-0.05, 0) is 42.5 Å². The van der Waals surface area contributed by atoms with Crippen molar-refractivity contribution in [3.63, 3.8) is 0 Å². The molecule has 5 rings (SSSR count). The van der Waals surface area contributed by atoms with Crippen molar-refractivity contribution < 1.29 is 9.13 Å². The Balaban J connectivity index is 1.33. The van der Waals surface area contributed by atoms with Crippen LogP contribution in [0.2, 0.25) is 5.02 Å². The van der Waals surface area contributed by atoms with E-state index >= 15 is 0 Å². The van der Waals surface area contributed by atoms with Crippen LogP contribution in [-0.4, -0.2) is 51.0 Å². The summed E-state index contributed by atoms with van der Waals surface area (Å²) in [5.41, 5.74) is 7.89. The number of benzene rings is 2. The fourth-order valence-corrected chi connectivity index (χ4v) is 3.63. The van der Waals surface area contributed by atoms with E-state index in [1.807, 2.05) is 18.2 Å². The third-order valence-corrected chi connectivity index (χ3v) is 5.45. The van der Waals surface area contributed by atoms with Crippen LogP contribution in [0.3, 0.4) is 0 Å². The lowest BCUT2D eigenvalue weighted by atomic mass is 10.2. The Kier molecular flexibility index (Phi) is 6.11. The highest BCUT2D eigenvalue weighted by atomic mass is 35.5. The maximum absolute atomic E-state index is 14.8. The molecule has 4 aromatic rings. The monoisotopic (exact) mass is 481 g/mol. The Morgan fingerprint density at radius 1 is 1.00 bits per heavy atom. The maximum Gasteiger partial charge on any atom is 0.248 e. The summed E-state index contributed by atoms with van der Waals surface area (Å²) in [7, 11) is 0. The number of halogens is 2. The molecule has 0 spiro atoms. The molecule has 0 unspecified atom stereocenters. The first kappa shape index (κ1) is 21.9. The highest BCUT2D eigenvalue weighted by Gasteiger charge is 2.16. The standard InChI is InChI=1S/C22H21ClFN9O/c23-14-1-3-15(4-2-14)28-19-12-20(27-13-26-19)33-21(25)30-22(31-33)29-18-6-5-16(11-17(18)24)32-7-9-34-10-8-32/h1-6,11-13H,7-10H2,(H,26,27,28)(H3,25,29,30,31). The molecule has 0 bridgehead atoms. The Bertz CT molecular complexity index is 1290. The zero-order chi connectivity index (χ0) is 23.5. The second-order valence-electron chi connectivity index (χ2n) is 7.49. The van der Waals surface area contributed by atoms with E-state index in [4.69, 9.17) is 22.1 Å². The number of nitrogen functional groups attached to an aromatic ring is 1. The van der Waals surface area contributed by atoms with Gasteiger partial charge in [-0.2, -0.15) is 9.67 Å². The topological polar surface area (TPSA) is 119 Å². The highest BCUT2D eigenvalue weighted by molar-refractivity contribution is 6.30. The number of hydrogen-bond donors (Lipinski definition) is 3. The molecule has 0 aliphatic carbocycles. The molecule has 2 aromatic carbocycles. The number of rotatable bonds is 6. The lowest BCUT2D eigenvalue weighted by Gasteiger charge is -2.29. The lowest BCUT2D eigenvalue weighted by Crippen LogP contribution is -2.36. The lowest BCUT2D eigenvalue weighted by molar-refractivity contribution is 0.122. The van der Waals surface area contributed by atoms with Crippen molar-refractivity contribution in [2.45, 2.75) is 0 Å². The number of hydrogen-bond acceptors (Lipinski definition) is 9. The Morgan fingerprint density at radius 2 is 1.79 bits per heavy atom. The van der Waals surface area contributed by atoms with Gasteiger partial charge in [0.05, 0.1) is 18.9 Å². The van der Waals surface area contributed by atoms with Crippen molar-refractivity contribution in [2.75, 3.05) is 47.6 Å². The van der Waals surface area contributed by atoms with Crippen LogP contribution >= 0.6 is 11.6 Å². The molecule has 1 saturated heterocycles. The SMILES string of the molecule is Nc1nc(Nc2ccc(N3CCOCC3)cc2F)nn1-c1cc(Nc2ccc(Cl)cc2)ncn1. The number of ether oxygens (including phenoxy) is 1. The molecule has 0 radical (unpaired) electrons. The second-order valence-corrected chi connectivity index (χ2v) is 7.92. The molecule has 10 nitrogen and oxygen atoms in total. The molecule has 1 aliphatic heterocycles. The fourth-order valence-electron chi connectivity index (χ4n) is 3.50. The van der Waals surface area contributed by atoms with Crippen molar-refractivity contribution in [3.8, 4) is 5.82 Å². The zero-order valence-electron chi connectivity index (χ0n) is 17.9. The number of nitrogens with zero attached hydrogens (tertiary/aromatic N) is 6. The molecular weight excluding hydrogens is 461 g/mol. The van der Waals surface area contributed by atoms with Crippen LogP contribution in [0.25, 0.3) is 5.82 Å². The van der Waals surface area contributed by atoms with Gasteiger partial charge in [-0.15, -0.1) is 5.10 Å². The quantitative estimate of drug-likeness (QED) is 0.378. The van der Waals surface area contributed by atoms with Gasteiger partial charge in [0, 0.05) is 35.6 Å². The molecule has 1 fully saturated rings. The summed E-state index contributed by atoms with van der Waals surface area (Å²) in [5, 5.41) is 11.0. The average molecular weight is 482 g/mol. The van der Waals surface area contributed by atoms with Gasteiger partial charge < -0.3 is 26.0 Å². The Labute approximate surface area is 199 Å². The molecule has 0 amide bonds. The van der Waals surface area contributed by atoms with Gasteiger partial charge in [-0.3, -0.25) is 0 Å². The van der Waals surface area contributed by atoms with Crippen LogP contribution < -0.4 is 21.3 Å². The van der Waals surface area contributed by atoms with Crippen molar-refractivity contribution in [1.29, 1.82) is 0 Å². The molecule has 174 valence electrons. The first-order valence-corrected chi connectivity index (χ1v) is 10.9. The molecule has 0 atom stereocenters. The summed E-state index contributed by atoms with van der Waals surface area (Å²) in [4.78, 5) is 14.7. The van der Waals surface area contributed by atoms with E-state index in [0.29, 0.717) is 29.9 Å². The van der Waals surface area contributed by atoms with Crippen LogP contribution in [0.5, 0.6) is 0 Å². The fraction of sp³-hybridized carbons (Fsp3) is 0.182. The van der Waals surface area contributed by atoms with Crippen molar-refractivity contribution in [3.05, 3.63) is 65.7 Å². The minimum atomic E-state index is -0.421. The summed E-state index contributed by atoms with van der Waals surface area (Å²) >= 11 is 5.93. The van der Waals surface area contributed by atoms with Crippen LogP contribution in [-0.2, 0) is 4.74 Å². The molecule has 0 saturated carbocycles. The van der Waals surface area contributed by atoms with E-state index in [1.54, 1.807) is 24.3 Å². The third kappa shape index (κ3) is 4.85. The van der Waals surface area contributed by atoms with E-state index in [1.165, 1.54) is 17.1 Å². The molecule has 2 aromatic heterocycles. The normalized spacial score (nSPS) is 13.6. The van der Waals surface area contributed by atoms with Crippen LogP contribution in [0, 0.1) is 5.82 Å². The zero-order valence-corrected chi connectivity index (χ0v) is 18.7. The number of aromatic nitrogens is 5. The van der Waals surface area contributed by atoms with Gasteiger partial charge in [0.1, 0.15) is 18.0 Å². The second kappa shape index (κ2) is 9.49. The first-order valence-electron chi connectivity index (χ1n) is 10.5. The van der Waals surface area contributed by atoms with E-state index in [0.717, 1.165) is 24.5 Å². The van der Waals surface area contributed by atoms with E-state index in [2.05, 4.69) is 35.6 Å². The number of nitrogens with one attached hydrogen (secondary N) is 2.